The van der Waals surface area contributed by atoms with E-state index in [1.807, 2.05) is 0 Å². The summed E-state index contributed by atoms with van der Waals surface area (Å²) >= 11 is 0. The topological polar surface area (TPSA) is 9.23 Å². The average molecular weight is 313 g/mol. The summed E-state index contributed by atoms with van der Waals surface area (Å²) in [4.78, 5) is 1.56. The van der Waals surface area contributed by atoms with Gasteiger partial charge in [0.25, 0.3) is 0 Å². The van der Waals surface area contributed by atoms with Gasteiger partial charge in [-0.15, -0.1) is 0 Å². The lowest BCUT2D eigenvalue weighted by atomic mass is 9.98. The molecule has 0 atom stereocenters. The van der Waals surface area contributed by atoms with Crippen molar-refractivity contribution in [1.29, 1.82) is 0 Å². The SMILES string of the molecule is c1cc2cc([S+]3CCCC3)ccc2cc1OC1CCCCC1. The van der Waals surface area contributed by atoms with Crippen LogP contribution in [0.25, 0.3) is 10.8 Å². The minimum absolute atomic E-state index is 0.436. The van der Waals surface area contributed by atoms with Gasteiger partial charge < -0.3 is 4.74 Å². The largest absolute Gasteiger partial charge is 0.490 e. The first-order valence-electron chi connectivity index (χ1n) is 8.76. The number of ether oxygens (including phenoxy) is 1. The Kier molecular flexibility index (Phi) is 4.29. The van der Waals surface area contributed by atoms with Crippen molar-refractivity contribution in [1.82, 2.24) is 0 Å². The van der Waals surface area contributed by atoms with E-state index < -0.39 is 0 Å². The molecule has 1 saturated carbocycles. The van der Waals surface area contributed by atoms with Crippen LogP contribution in [0.3, 0.4) is 0 Å². The Morgan fingerprint density at radius 1 is 0.773 bits per heavy atom. The van der Waals surface area contributed by atoms with Crippen LogP contribution < -0.4 is 4.74 Å². The fourth-order valence-electron chi connectivity index (χ4n) is 3.72. The summed E-state index contributed by atoms with van der Waals surface area (Å²) in [5, 5.41) is 2.69. The fourth-order valence-corrected chi connectivity index (χ4v) is 6.06. The van der Waals surface area contributed by atoms with Gasteiger partial charge in [0, 0.05) is 17.0 Å². The van der Waals surface area contributed by atoms with Gasteiger partial charge in [-0.2, -0.15) is 0 Å². The van der Waals surface area contributed by atoms with E-state index in [9.17, 15) is 0 Å². The van der Waals surface area contributed by atoms with Gasteiger partial charge in [0.05, 0.1) is 6.10 Å². The van der Waals surface area contributed by atoms with Crippen LogP contribution >= 0.6 is 0 Å². The van der Waals surface area contributed by atoms with Gasteiger partial charge in [0.2, 0.25) is 0 Å². The summed E-state index contributed by atoms with van der Waals surface area (Å²) in [7, 11) is 0.511. The summed E-state index contributed by atoms with van der Waals surface area (Å²) in [6.07, 6.45) is 9.73. The van der Waals surface area contributed by atoms with E-state index >= 15 is 0 Å². The van der Waals surface area contributed by atoms with Gasteiger partial charge in [-0.25, -0.2) is 0 Å². The summed E-state index contributed by atoms with van der Waals surface area (Å²) in [6.45, 7) is 0. The van der Waals surface area contributed by atoms with Gasteiger partial charge in [-0.05, 0) is 73.6 Å². The van der Waals surface area contributed by atoms with E-state index in [1.165, 1.54) is 67.2 Å². The Morgan fingerprint density at radius 3 is 2.32 bits per heavy atom. The number of benzene rings is 2. The highest BCUT2D eigenvalue weighted by Crippen LogP contribution is 2.29. The lowest BCUT2D eigenvalue weighted by Gasteiger charge is -2.23. The third-order valence-corrected chi connectivity index (χ3v) is 7.49. The number of rotatable bonds is 3. The molecule has 2 aromatic rings. The molecular weight excluding hydrogens is 288 g/mol. The second-order valence-corrected chi connectivity index (χ2v) is 8.93. The maximum absolute atomic E-state index is 6.20. The van der Waals surface area contributed by atoms with Crippen molar-refractivity contribution in [2.45, 2.75) is 55.9 Å². The monoisotopic (exact) mass is 313 g/mol. The molecule has 116 valence electrons. The third kappa shape index (κ3) is 3.12. The second-order valence-electron chi connectivity index (χ2n) is 6.66. The second kappa shape index (κ2) is 6.54. The van der Waals surface area contributed by atoms with E-state index in [-0.39, 0.29) is 0 Å². The van der Waals surface area contributed by atoms with Gasteiger partial charge >= 0.3 is 0 Å². The Hall–Kier alpha value is -1.15. The molecule has 4 rings (SSSR count). The zero-order valence-corrected chi connectivity index (χ0v) is 14.0. The lowest BCUT2D eigenvalue weighted by Crippen LogP contribution is -2.19. The first-order chi connectivity index (χ1) is 10.9. The molecule has 0 radical (unpaired) electrons. The maximum atomic E-state index is 6.20. The highest BCUT2D eigenvalue weighted by molar-refractivity contribution is 7.97. The highest BCUT2D eigenvalue weighted by atomic mass is 32.2. The number of hydrogen-bond donors (Lipinski definition) is 0. The van der Waals surface area contributed by atoms with Crippen LogP contribution in [0.4, 0.5) is 0 Å². The van der Waals surface area contributed by atoms with Gasteiger partial charge in [-0.3, -0.25) is 0 Å². The number of fused-ring (bicyclic) bond motifs is 1. The Labute approximate surface area is 136 Å². The van der Waals surface area contributed by atoms with Crippen molar-refractivity contribution < 1.29 is 4.74 Å². The maximum Gasteiger partial charge on any atom is 0.155 e. The highest BCUT2D eigenvalue weighted by Gasteiger charge is 2.26. The normalized spacial score (nSPS) is 20.5. The molecule has 22 heavy (non-hydrogen) atoms. The van der Waals surface area contributed by atoms with Crippen molar-refractivity contribution in [3.8, 4) is 5.75 Å². The van der Waals surface area contributed by atoms with Gasteiger partial charge in [-0.1, -0.05) is 12.5 Å². The lowest BCUT2D eigenvalue weighted by molar-refractivity contribution is 0.155. The molecule has 0 spiro atoms. The number of hydrogen-bond acceptors (Lipinski definition) is 1. The van der Waals surface area contributed by atoms with Crippen LogP contribution in [0.5, 0.6) is 5.75 Å². The molecule has 2 heteroatoms. The summed E-state index contributed by atoms with van der Waals surface area (Å²) in [6, 6.07) is 13.7. The van der Waals surface area contributed by atoms with Crippen molar-refractivity contribution in [3.05, 3.63) is 36.4 Å². The van der Waals surface area contributed by atoms with Gasteiger partial charge in [0.15, 0.2) is 4.90 Å². The predicted octanol–water partition coefficient (Wildman–Crippen LogP) is 5.32. The van der Waals surface area contributed by atoms with Crippen LogP contribution in [0, 0.1) is 0 Å². The molecule has 1 aliphatic heterocycles. The van der Waals surface area contributed by atoms with E-state index in [0.29, 0.717) is 17.0 Å². The third-order valence-electron chi connectivity index (χ3n) is 5.00. The standard InChI is InChI=1S/C20H25OS/c1-2-6-18(7-3-1)21-19-10-8-17-15-20(11-9-16(17)14-19)22-12-4-5-13-22/h8-11,14-15,18H,1-7,12-13H2/q+1. The molecule has 0 amide bonds. The molecule has 2 aromatic carbocycles. The van der Waals surface area contributed by atoms with Crippen LogP contribution in [0.2, 0.25) is 0 Å². The molecule has 2 fully saturated rings. The zero-order chi connectivity index (χ0) is 14.8. The van der Waals surface area contributed by atoms with Gasteiger partial charge in [0.1, 0.15) is 17.3 Å². The quantitative estimate of drug-likeness (QED) is 0.697. The van der Waals surface area contributed by atoms with Crippen LogP contribution in [-0.4, -0.2) is 17.6 Å². The van der Waals surface area contributed by atoms with Crippen LogP contribution in [0.1, 0.15) is 44.9 Å². The summed E-state index contributed by atoms with van der Waals surface area (Å²) < 4.78 is 6.20. The smallest absolute Gasteiger partial charge is 0.155 e. The fraction of sp³-hybridized carbons (Fsp3) is 0.500. The first-order valence-corrected chi connectivity index (χ1v) is 10.3. The molecular formula is C20H25OS+. The van der Waals surface area contributed by atoms with E-state index in [1.54, 1.807) is 4.90 Å². The van der Waals surface area contributed by atoms with E-state index in [4.69, 9.17) is 4.74 Å². The van der Waals surface area contributed by atoms with Crippen LogP contribution in [-0.2, 0) is 10.9 Å². The molecule has 1 aliphatic carbocycles. The predicted molar refractivity (Wildman–Crippen MR) is 96.0 cm³/mol. The minimum atomic E-state index is 0.436. The Morgan fingerprint density at radius 2 is 1.50 bits per heavy atom. The molecule has 0 N–H and O–H groups in total. The Balaban J connectivity index is 1.54. The summed E-state index contributed by atoms with van der Waals surface area (Å²) in [5.74, 6) is 3.85. The zero-order valence-electron chi connectivity index (χ0n) is 13.2. The minimum Gasteiger partial charge on any atom is -0.490 e. The molecule has 0 aromatic heterocycles. The van der Waals surface area contributed by atoms with Crippen molar-refractivity contribution >= 4 is 21.7 Å². The molecule has 1 heterocycles. The molecule has 2 aliphatic rings. The Bertz CT molecular complexity index is 639. The molecule has 1 saturated heterocycles. The van der Waals surface area contributed by atoms with Crippen LogP contribution in [0.15, 0.2) is 41.3 Å². The van der Waals surface area contributed by atoms with E-state index in [0.717, 1.165) is 5.75 Å². The average Bonchev–Trinajstić information content (AvgIpc) is 3.10. The molecule has 0 bridgehead atoms. The van der Waals surface area contributed by atoms with E-state index in [2.05, 4.69) is 36.4 Å². The van der Waals surface area contributed by atoms with Crippen molar-refractivity contribution in [2.24, 2.45) is 0 Å². The molecule has 0 unspecified atom stereocenters. The van der Waals surface area contributed by atoms with Crippen molar-refractivity contribution in [3.63, 3.8) is 0 Å². The van der Waals surface area contributed by atoms with Crippen molar-refractivity contribution in [2.75, 3.05) is 11.5 Å². The summed E-state index contributed by atoms with van der Waals surface area (Å²) in [5.41, 5.74) is 0. The first kappa shape index (κ1) is 14.4. The molecule has 1 nitrogen and oxygen atoms in total.